The summed E-state index contributed by atoms with van der Waals surface area (Å²) >= 11 is 0. The van der Waals surface area contributed by atoms with Crippen LogP contribution in [0, 0.1) is 17.0 Å². The number of carbonyl (C=O) groups excluding carboxylic acids is 2. The summed E-state index contributed by atoms with van der Waals surface area (Å²) < 4.78 is 0. The largest absolute Gasteiger partial charge is 0.481 e. The number of nitrogens with one attached hydrogen (secondary N) is 2. The smallest absolute Gasteiger partial charge is 0.305 e. The number of aliphatic carboxylic acids is 1. The Morgan fingerprint density at radius 1 is 1.14 bits per heavy atom. The highest BCUT2D eigenvalue weighted by molar-refractivity contribution is 6.05. The maximum absolute atomic E-state index is 12.5. The molecule has 9 nitrogen and oxygen atoms in total. The van der Waals surface area contributed by atoms with Crippen molar-refractivity contribution >= 4 is 29.5 Å². The molecular formula is C20H19N3O6. The van der Waals surface area contributed by atoms with E-state index >= 15 is 0 Å². The van der Waals surface area contributed by atoms with Crippen LogP contribution in [0.5, 0.6) is 0 Å². The van der Waals surface area contributed by atoms with Crippen molar-refractivity contribution in [3.05, 3.63) is 81.0 Å². The van der Waals surface area contributed by atoms with Gasteiger partial charge in [-0.15, -0.1) is 0 Å². The summed E-state index contributed by atoms with van der Waals surface area (Å²) in [5, 5.41) is 24.5. The minimum atomic E-state index is -1.08. The Balaban J connectivity index is 2.29. The number of aryl methyl sites for hydroxylation is 1. The third kappa shape index (κ3) is 6.58. The van der Waals surface area contributed by atoms with Crippen LogP contribution < -0.4 is 10.6 Å². The van der Waals surface area contributed by atoms with Crippen molar-refractivity contribution in [1.82, 2.24) is 10.6 Å². The van der Waals surface area contributed by atoms with Crippen LogP contribution in [-0.4, -0.2) is 34.4 Å². The molecule has 0 unspecified atom stereocenters. The summed E-state index contributed by atoms with van der Waals surface area (Å²) in [6.45, 7) is 1.73. The van der Waals surface area contributed by atoms with Gasteiger partial charge in [-0.3, -0.25) is 24.5 Å². The third-order valence-electron chi connectivity index (χ3n) is 3.82. The summed E-state index contributed by atoms with van der Waals surface area (Å²) in [7, 11) is 0. The SMILES string of the molecule is Cc1ccc(C(=O)NC(=Cc2cccc([N+](=O)[O-])c2)C(=O)NCCC(=O)O)cc1. The first kappa shape index (κ1) is 21.3. The molecule has 9 heteroatoms. The van der Waals surface area contributed by atoms with Crippen molar-refractivity contribution in [1.29, 1.82) is 0 Å². The van der Waals surface area contributed by atoms with Gasteiger partial charge in [0.05, 0.1) is 11.3 Å². The highest BCUT2D eigenvalue weighted by Crippen LogP contribution is 2.15. The molecule has 2 aromatic carbocycles. The number of carboxylic acid groups (broad SMARTS) is 1. The standard InChI is InChI=1S/C20H19N3O6/c1-13-5-7-15(8-6-13)19(26)22-17(20(27)21-10-9-18(24)25)12-14-3-2-4-16(11-14)23(28)29/h2-8,11-12H,9-10H2,1H3,(H,21,27)(H,22,26)(H,24,25). The fourth-order valence-electron chi connectivity index (χ4n) is 2.33. The predicted octanol–water partition coefficient (Wildman–Crippen LogP) is 2.27. The summed E-state index contributed by atoms with van der Waals surface area (Å²) in [4.78, 5) is 45.9. The molecule has 0 saturated heterocycles. The second-order valence-electron chi connectivity index (χ2n) is 6.13. The van der Waals surface area contributed by atoms with E-state index in [-0.39, 0.29) is 24.4 Å². The number of nitrogens with zero attached hydrogens (tertiary/aromatic N) is 1. The number of carbonyl (C=O) groups is 3. The van der Waals surface area contributed by atoms with Gasteiger partial charge in [-0.2, -0.15) is 0 Å². The highest BCUT2D eigenvalue weighted by Gasteiger charge is 2.15. The zero-order valence-electron chi connectivity index (χ0n) is 15.5. The minimum absolute atomic E-state index is 0.138. The van der Waals surface area contributed by atoms with Gasteiger partial charge in [0, 0.05) is 24.2 Å². The molecule has 0 spiro atoms. The van der Waals surface area contributed by atoms with E-state index in [1.54, 1.807) is 24.3 Å². The highest BCUT2D eigenvalue weighted by atomic mass is 16.6. The normalized spacial score (nSPS) is 10.9. The number of carboxylic acids is 1. The lowest BCUT2D eigenvalue weighted by atomic mass is 10.1. The van der Waals surface area contributed by atoms with Gasteiger partial charge >= 0.3 is 5.97 Å². The molecular weight excluding hydrogens is 378 g/mol. The van der Waals surface area contributed by atoms with Gasteiger partial charge in [0.25, 0.3) is 17.5 Å². The zero-order valence-corrected chi connectivity index (χ0v) is 15.5. The van der Waals surface area contributed by atoms with Crippen molar-refractivity contribution < 1.29 is 24.4 Å². The van der Waals surface area contributed by atoms with E-state index in [9.17, 15) is 24.5 Å². The molecule has 0 aliphatic rings. The van der Waals surface area contributed by atoms with Crippen molar-refractivity contribution in [3.8, 4) is 0 Å². The Labute approximate surface area is 166 Å². The lowest BCUT2D eigenvalue weighted by molar-refractivity contribution is -0.384. The predicted molar refractivity (Wildman–Crippen MR) is 105 cm³/mol. The van der Waals surface area contributed by atoms with Gasteiger partial charge < -0.3 is 15.7 Å². The first-order valence-corrected chi connectivity index (χ1v) is 8.60. The molecule has 0 saturated carbocycles. The molecule has 29 heavy (non-hydrogen) atoms. The number of nitro groups is 1. The maximum atomic E-state index is 12.5. The van der Waals surface area contributed by atoms with Gasteiger partial charge in [0.1, 0.15) is 5.70 Å². The molecule has 0 aliphatic carbocycles. The topological polar surface area (TPSA) is 139 Å². The van der Waals surface area contributed by atoms with Crippen molar-refractivity contribution in [2.75, 3.05) is 6.54 Å². The minimum Gasteiger partial charge on any atom is -0.481 e. The van der Waals surface area contributed by atoms with Crippen LogP contribution in [0.4, 0.5) is 5.69 Å². The molecule has 0 aromatic heterocycles. The van der Waals surface area contributed by atoms with Crippen LogP contribution in [0.2, 0.25) is 0 Å². The molecule has 0 heterocycles. The second kappa shape index (κ2) is 9.79. The Bertz CT molecular complexity index is 966. The monoisotopic (exact) mass is 397 g/mol. The Morgan fingerprint density at radius 2 is 1.83 bits per heavy atom. The van der Waals surface area contributed by atoms with Crippen LogP contribution >= 0.6 is 0 Å². The average Bonchev–Trinajstić information content (AvgIpc) is 2.67. The quantitative estimate of drug-likeness (QED) is 0.355. The number of non-ortho nitro benzene ring substituents is 1. The summed E-state index contributed by atoms with van der Waals surface area (Å²) in [6, 6.07) is 12.2. The van der Waals surface area contributed by atoms with E-state index in [0.717, 1.165) is 5.56 Å². The van der Waals surface area contributed by atoms with Gasteiger partial charge in [0.2, 0.25) is 0 Å². The lowest BCUT2D eigenvalue weighted by Gasteiger charge is -2.11. The van der Waals surface area contributed by atoms with Gasteiger partial charge in [-0.25, -0.2) is 0 Å². The van der Waals surface area contributed by atoms with Crippen LogP contribution in [0.15, 0.2) is 54.2 Å². The Hall–Kier alpha value is -4.01. The van der Waals surface area contributed by atoms with Gasteiger partial charge in [-0.1, -0.05) is 29.8 Å². The van der Waals surface area contributed by atoms with E-state index < -0.39 is 22.7 Å². The molecule has 0 atom stereocenters. The molecule has 0 fully saturated rings. The second-order valence-corrected chi connectivity index (χ2v) is 6.13. The Morgan fingerprint density at radius 3 is 2.45 bits per heavy atom. The van der Waals surface area contributed by atoms with Crippen LogP contribution in [0.1, 0.15) is 27.9 Å². The summed E-state index contributed by atoms with van der Waals surface area (Å²) in [5.41, 5.74) is 1.27. The molecule has 0 radical (unpaired) electrons. The number of amides is 2. The molecule has 2 rings (SSSR count). The van der Waals surface area contributed by atoms with E-state index in [0.29, 0.717) is 11.1 Å². The third-order valence-corrected chi connectivity index (χ3v) is 3.82. The van der Waals surface area contributed by atoms with E-state index in [2.05, 4.69) is 10.6 Å². The van der Waals surface area contributed by atoms with Crippen molar-refractivity contribution in [2.24, 2.45) is 0 Å². The lowest BCUT2D eigenvalue weighted by Crippen LogP contribution is -2.35. The molecule has 3 N–H and O–H groups in total. The molecule has 0 aliphatic heterocycles. The van der Waals surface area contributed by atoms with Gasteiger partial charge in [-0.05, 0) is 30.7 Å². The molecule has 2 amide bonds. The maximum Gasteiger partial charge on any atom is 0.305 e. The fraction of sp³-hybridized carbons (Fsp3) is 0.150. The van der Waals surface area contributed by atoms with Crippen LogP contribution in [0.3, 0.4) is 0 Å². The van der Waals surface area contributed by atoms with E-state index in [4.69, 9.17) is 5.11 Å². The van der Waals surface area contributed by atoms with Gasteiger partial charge in [0.15, 0.2) is 0 Å². The van der Waals surface area contributed by atoms with Crippen LogP contribution in [0.25, 0.3) is 6.08 Å². The number of nitro benzene ring substituents is 1. The fourth-order valence-corrected chi connectivity index (χ4v) is 2.33. The zero-order chi connectivity index (χ0) is 21.4. The Kier molecular flexibility index (Phi) is 7.19. The summed E-state index contributed by atoms with van der Waals surface area (Å²) in [5.74, 6) is -2.34. The molecule has 2 aromatic rings. The van der Waals surface area contributed by atoms with Crippen LogP contribution in [-0.2, 0) is 9.59 Å². The number of benzene rings is 2. The first-order valence-electron chi connectivity index (χ1n) is 8.60. The first-order chi connectivity index (χ1) is 13.8. The number of hydrogen-bond acceptors (Lipinski definition) is 5. The van der Waals surface area contributed by atoms with Crippen molar-refractivity contribution in [2.45, 2.75) is 13.3 Å². The summed E-state index contributed by atoms with van der Waals surface area (Å²) in [6.07, 6.45) is 0.997. The van der Waals surface area contributed by atoms with Crippen molar-refractivity contribution in [3.63, 3.8) is 0 Å². The molecule has 150 valence electrons. The number of rotatable bonds is 8. The van der Waals surface area contributed by atoms with E-state index in [1.165, 1.54) is 30.3 Å². The molecule has 0 bridgehead atoms. The number of hydrogen-bond donors (Lipinski definition) is 3. The van der Waals surface area contributed by atoms with E-state index in [1.807, 2.05) is 6.92 Å². The average molecular weight is 397 g/mol.